The predicted molar refractivity (Wildman–Crippen MR) is 101 cm³/mol. The minimum atomic E-state index is -0.366. The van der Waals surface area contributed by atoms with Crippen LogP contribution in [0.25, 0.3) is 0 Å². The van der Waals surface area contributed by atoms with Crippen LogP contribution in [0.1, 0.15) is 49.1 Å². The number of hydrogen-bond donors (Lipinski definition) is 2. The molecule has 1 heterocycles. The SMILES string of the molecule is Cc1nn(Cc2c(F)cccc2Cl)c(C)c1NC(=O)NC1CCCCC1. The Labute approximate surface area is 157 Å². The Kier molecular flexibility index (Phi) is 5.81. The van der Waals surface area contributed by atoms with Crippen molar-refractivity contribution < 1.29 is 9.18 Å². The molecule has 0 saturated heterocycles. The molecule has 0 aliphatic heterocycles. The fraction of sp³-hybridized carbons (Fsp3) is 0.474. The molecule has 7 heteroatoms. The van der Waals surface area contributed by atoms with E-state index in [0.29, 0.717) is 22.0 Å². The van der Waals surface area contributed by atoms with Gasteiger partial charge in [-0.1, -0.05) is 36.9 Å². The molecule has 1 saturated carbocycles. The Bertz CT molecular complexity index is 779. The molecule has 2 N–H and O–H groups in total. The van der Waals surface area contributed by atoms with Gasteiger partial charge in [0.15, 0.2) is 0 Å². The molecule has 2 aromatic rings. The number of aryl methyl sites for hydroxylation is 1. The van der Waals surface area contributed by atoms with Gasteiger partial charge in [-0.15, -0.1) is 0 Å². The van der Waals surface area contributed by atoms with Crippen LogP contribution in [0.15, 0.2) is 18.2 Å². The number of hydrogen-bond acceptors (Lipinski definition) is 2. The highest BCUT2D eigenvalue weighted by atomic mass is 35.5. The van der Waals surface area contributed by atoms with Crippen molar-refractivity contribution in [3.05, 3.63) is 46.0 Å². The van der Waals surface area contributed by atoms with Crippen LogP contribution in [0.3, 0.4) is 0 Å². The highest BCUT2D eigenvalue weighted by Gasteiger charge is 2.19. The number of rotatable bonds is 4. The van der Waals surface area contributed by atoms with Crippen molar-refractivity contribution in [2.75, 3.05) is 5.32 Å². The van der Waals surface area contributed by atoms with Crippen LogP contribution < -0.4 is 10.6 Å². The van der Waals surface area contributed by atoms with E-state index in [1.54, 1.807) is 16.8 Å². The van der Waals surface area contributed by atoms with Gasteiger partial charge in [0, 0.05) is 16.6 Å². The summed E-state index contributed by atoms with van der Waals surface area (Å²) in [6.07, 6.45) is 5.60. The normalized spacial score (nSPS) is 15.1. The number of nitrogens with zero attached hydrogens (tertiary/aromatic N) is 2. The number of carbonyl (C=O) groups is 1. The summed E-state index contributed by atoms with van der Waals surface area (Å²) < 4.78 is 15.7. The summed E-state index contributed by atoms with van der Waals surface area (Å²) in [4.78, 5) is 12.3. The standard InChI is InChI=1S/C19H24ClFN4O/c1-12-18(23-19(26)22-14-7-4-3-5-8-14)13(2)25(24-12)11-15-16(20)9-6-10-17(15)21/h6,9-10,14H,3-5,7-8,11H2,1-2H3,(H2,22,23,26). The summed E-state index contributed by atoms with van der Waals surface area (Å²) in [5.41, 5.74) is 2.50. The van der Waals surface area contributed by atoms with Crippen LogP contribution in [0, 0.1) is 19.7 Å². The summed E-state index contributed by atoms with van der Waals surface area (Å²) >= 11 is 6.11. The molecule has 1 aliphatic carbocycles. The number of aromatic nitrogens is 2. The van der Waals surface area contributed by atoms with Crippen molar-refractivity contribution in [1.82, 2.24) is 15.1 Å². The van der Waals surface area contributed by atoms with E-state index in [9.17, 15) is 9.18 Å². The zero-order chi connectivity index (χ0) is 18.7. The zero-order valence-electron chi connectivity index (χ0n) is 15.1. The number of benzene rings is 1. The highest BCUT2D eigenvalue weighted by molar-refractivity contribution is 6.31. The molecular formula is C19H24ClFN4O. The third-order valence-electron chi connectivity index (χ3n) is 4.93. The lowest BCUT2D eigenvalue weighted by molar-refractivity contribution is 0.244. The van der Waals surface area contributed by atoms with E-state index in [0.717, 1.165) is 31.4 Å². The molecule has 1 aromatic carbocycles. The minimum Gasteiger partial charge on any atom is -0.335 e. The van der Waals surface area contributed by atoms with E-state index >= 15 is 0 Å². The van der Waals surface area contributed by atoms with Crippen LogP contribution in [-0.2, 0) is 6.54 Å². The third kappa shape index (κ3) is 4.18. The van der Waals surface area contributed by atoms with Crippen molar-refractivity contribution in [1.29, 1.82) is 0 Å². The van der Waals surface area contributed by atoms with Gasteiger partial charge < -0.3 is 10.6 Å². The Morgan fingerprint density at radius 2 is 2.04 bits per heavy atom. The lowest BCUT2D eigenvalue weighted by atomic mass is 9.96. The monoisotopic (exact) mass is 378 g/mol. The van der Waals surface area contributed by atoms with E-state index in [1.165, 1.54) is 12.5 Å². The summed E-state index contributed by atoms with van der Waals surface area (Å²) in [7, 11) is 0. The van der Waals surface area contributed by atoms with Crippen molar-refractivity contribution in [3.8, 4) is 0 Å². The summed E-state index contributed by atoms with van der Waals surface area (Å²) in [5.74, 6) is -0.366. The van der Waals surface area contributed by atoms with Crippen molar-refractivity contribution in [2.45, 2.75) is 58.5 Å². The first-order chi connectivity index (χ1) is 12.5. The molecule has 5 nitrogen and oxygen atoms in total. The first-order valence-electron chi connectivity index (χ1n) is 9.00. The largest absolute Gasteiger partial charge is 0.335 e. The van der Waals surface area contributed by atoms with Crippen molar-refractivity contribution in [3.63, 3.8) is 0 Å². The smallest absolute Gasteiger partial charge is 0.319 e. The molecule has 0 radical (unpaired) electrons. The predicted octanol–water partition coefficient (Wildman–Crippen LogP) is 4.79. The van der Waals surface area contributed by atoms with Crippen LogP contribution in [0.4, 0.5) is 14.9 Å². The van der Waals surface area contributed by atoms with Gasteiger partial charge in [0.1, 0.15) is 5.82 Å². The maximum atomic E-state index is 14.0. The molecule has 0 spiro atoms. The first-order valence-corrected chi connectivity index (χ1v) is 9.38. The molecule has 0 unspecified atom stereocenters. The highest BCUT2D eigenvalue weighted by Crippen LogP contribution is 2.24. The number of amides is 2. The molecule has 1 aliphatic rings. The Hall–Kier alpha value is -2.08. The number of urea groups is 1. The van der Waals surface area contributed by atoms with Gasteiger partial charge in [-0.2, -0.15) is 5.10 Å². The number of nitrogens with one attached hydrogen (secondary N) is 2. The zero-order valence-corrected chi connectivity index (χ0v) is 15.9. The van der Waals surface area contributed by atoms with E-state index in [1.807, 2.05) is 13.8 Å². The van der Waals surface area contributed by atoms with Gasteiger partial charge in [0.2, 0.25) is 0 Å². The fourth-order valence-corrected chi connectivity index (χ4v) is 3.67. The van der Waals surface area contributed by atoms with Gasteiger partial charge in [-0.3, -0.25) is 4.68 Å². The van der Waals surface area contributed by atoms with Crippen LogP contribution in [-0.4, -0.2) is 21.9 Å². The van der Waals surface area contributed by atoms with Crippen LogP contribution in [0.2, 0.25) is 5.02 Å². The maximum Gasteiger partial charge on any atom is 0.319 e. The van der Waals surface area contributed by atoms with Crippen molar-refractivity contribution >= 4 is 23.3 Å². The Balaban J connectivity index is 1.72. The summed E-state index contributed by atoms with van der Waals surface area (Å²) in [6.45, 7) is 3.89. The number of carbonyl (C=O) groups excluding carboxylic acids is 1. The Morgan fingerprint density at radius 1 is 1.31 bits per heavy atom. The van der Waals surface area contributed by atoms with E-state index in [2.05, 4.69) is 15.7 Å². The molecule has 0 bridgehead atoms. The van der Waals surface area contributed by atoms with E-state index in [4.69, 9.17) is 11.6 Å². The molecule has 2 amide bonds. The number of anilines is 1. The molecular weight excluding hydrogens is 355 g/mol. The van der Waals surface area contributed by atoms with Gasteiger partial charge in [-0.25, -0.2) is 9.18 Å². The fourth-order valence-electron chi connectivity index (χ4n) is 3.45. The van der Waals surface area contributed by atoms with Crippen molar-refractivity contribution in [2.24, 2.45) is 0 Å². The maximum absolute atomic E-state index is 14.0. The topological polar surface area (TPSA) is 59.0 Å². The number of halogens is 2. The minimum absolute atomic E-state index is 0.212. The van der Waals surface area contributed by atoms with Gasteiger partial charge in [0.05, 0.1) is 23.6 Å². The second-order valence-electron chi connectivity index (χ2n) is 6.84. The lowest BCUT2D eigenvalue weighted by Gasteiger charge is -2.22. The molecule has 1 aromatic heterocycles. The van der Waals surface area contributed by atoms with E-state index < -0.39 is 0 Å². The summed E-state index contributed by atoms with van der Waals surface area (Å²) in [6, 6.07) is 4.63. The molecule has 0 atom stereocenters. The van der Waals surface area contributed by atoms with E-state index in [-0.39, 0.29) is 24.4 Å². The van der Waals surface area contributed by atoms with Gasteiger partial charge in [0.25, 0.3) is 0 Å². The first kappa shape index (κ1) is 18.7. The second-order valence-corrected chi connectivity index (χ2v) is 7.24. The van der Waals surface area contributed by atoms with Crippen LogP contribution >= 0.6 is 11.6 Å². The Morgan fingerprint density at radius 3 is 2.73 bits per heavy atom. The molecule has 140 valence electrons. The molecule has 1 fully saturated rings. The molecule has 26 heavy (non-hydrogen) atoms. The third-order valence-corrected chi connectivity index (χ3v) is 5.28. The lowest BCUT2D eigenvalue weighted by Crippen LogP contribution is -2.39. The van der Waals surface area contributed by atoms with Gasteiger partial charge >= 0.3 is 6.03 Å². The quantitative estimate of drug-likeness (QED) is 0.803. The summed E-state index contributed by atoms with van der Waals surface area (Å²) in [5, 5.41) is 10.7. The molecule has 3 rings (SSSR count). The second kappa shape index (κ2) is 8.08. The van der Waals surface area contributed by atoms with Crippen LogP contribution in [0.5, 0.6) is 0 Å². The average Bonchev–Trinajstić information content (AvgIpc) is 2.86. The average molecular weight is 379 g/mol. The van der Waals surface area contributed by atoms with Gasteiger partial charge in [-0.05, 0) is 38.8 Å².